The summed E-state index contributed by atoms with van der Waals surface area (Å²) in [4.78, 5) is 21.4. The van der Waals surface area contributed by atoms with Gasteiger partial charge in [-0.2, -0.15) is 13.2 Å². The van der Waals surface area contributed by atoms with Gasteiger partial charge in [-0.15, -0.1) is 0 Å². The maximum absolute atomic E-state index is 12.0. The molecule has 1 N–H and O–H groups in total. The molecule has 1 aliphatic rings. The Hall–Kier alpha value is -1.51. The van der Waals surface area contributed by atoms with Gasteiger partial charge < -0.3 is 10.2 Å². The molecular formula is C11H13F3N4OS. The number of rotatable bonds is 4. The molecule has 2 heterocycles. The van der Waals surface area contributed by atoms with Crippen molar-refractivity contribution in [1.29, 1.82) is 0 Å². The van der Waals surface area contributed by atoms with E-state index < -0.39 is 17.2 Å². The molecule has 1 amide bonds. The first-order chi connectivity index (χ1) is 9.46. The fourth-order valence-corrected chi connectivity index (χ4v) is 2.29. The van der Waals surface area contributed by atoms with E-state index in [4.69, 9.17) is 0 Å². The van der Waals surface area contributed by atoms with E-state index >= 15 is 0 Å². The average molecular weight is 306 g/mol. The van der Waals surface area contributed by atoms with Crippen LogP contribution in [0.5, 0.6) is 0 Å². The molecule has 0 atom stereocenters. The zero-order valence-corrected chi connectivity index (χ0v) is 11.3. The summed E-state index contributed by atoms with van der Waals surface area (Å²) in [5.41, 5.74) is -4.07. The molecule has 1 aromatic heterocycles. The normalized spacial score (nSPS) is 15.4. The minimum absolute atomic E-state index is 0.349. The molecule has 0 aliphatic carbocycles. The Kier molecular flexibility index (Phi) is 4.69. The first kappa shape index (κ1) is 14.9. The molecule has 1 fully saturated rings. The van der Waals surface area contributed by atoms with Crippen LogP contribution in [0, 0.1) is 0 Å². The van der Waals surface area contributed by atoms with Crippen molar-refractivity contribution in [1.82, 2.24) is 9.97 Å². The third kappa shape index (κ3) is 4.26. The number of nitrogens with one attached hydrogen (secondary N) is 1. The molecule has 0 spiro atoms. The summed E-state index contributed by atoms with van der Waals surface area (Å²) in [5, 5.41) is 2.43. The summed E-state index contributed by atoms with van der Waals surface area (Å²) in [6, 6.07) is 0. The molecule has 1 aliphatic heterocycles. The lowest BCUT2D eigenvalue weighted by molar-refractivity contribution is -0.114. The van der Waals surface area contributed by atoms with Crippen molar-refractivity contribution in [3.8, 4) is 0 Å². The highest BCUT2D eigenvalue weighted by molar-refractivity contribution is 8.00. The zero-order valence-electron chi connectivity index (χ0n) is 10.5. The number of hydrogen-bond acceptors (Lipinski definition) is 5. The van der Waals surface area contributed by atoms with Crippen molar-refractivity contribution >= 4 is 29.2 Å². The van der Waals surface area contributed by atoms with Crippen LogP contribution in [0.15, 0.2) is 12.5 Å². The topological polar surface area (TPSA) is 58.1 Å². The summed E-state index contributed by atoms with van der Waals surface area (Å²) in [6.07, 6.45) is 4.81. The molecule has 2 rings (SSSR count). The number of nitrogens with zero attached hydrogens (tertiary/aromatic N) is 3. The fourth-order valence-electron chi connectivity index (χ4n) is 1.93. The zero-order chi connectivity index (χ0) is 14.6. The van der Waals surface area contributed by atoms with Crippen LogP contribution in [-0.4, -0.2) is 40.2 Å². The van der Waals surface area contributed by atoms with Crippen LogP contribution in [0.2, 0.25) is 0 Å². The molecule has 1 saturated heterocycles. The van der Waals surface area contributed by atoms with Crippen LogP contribution in [-0.2, 0) is 4.79 Å². The lowest BCUT2D eigenvalue weighted by Gasteiger charge is -2.19. The second-order valence-corrected chi connectivity index (χ2v) is 5.28. The number of hydrogen-bond donors (Lipinski definition) is 1. The third-order valence-electron chi connectivity index (χ3n) is 2.74. The summed E-state index contributed by atoms with van der Waals surface area (Å²) in [5.74, 6) is -0.844. The maximum atomic E-state index is 12.0. The van der Waals surface area contributed by atoms with E-state index in [1.54, 1.807) is 0 Å². The minimum Gasteiger partial charge on any atom is -0.355 e. The maximum Gasteiger partial charge on any atom is 0.442 e. The monoisotopic (exact) mass is 306 g/mol. The first-order valence-corrected chi connectivity index (χ1v) is 7.00. The van der Waals surface area contributed by atoms with Crippen molar-refractivity contribution in [3.63, 3.8) is 0 Å². The molecule has 5 nitrogen and oxygen atoms in total. The number of thioether (sulfide) groups is 1. The highest BCUT2D eigenvalue weighted by Crippen LogP contribution is 2.30. The lowest BCUT2D eigenvalue weighted by atomic mass is 10.4. The average Bonchev–Trinajstić information content (AvgIpc) is 2.90. The SMILES string of the molecule is O=C(CSC(F)(F)F)Nc1cncnc1N1CCCC1. The lowest BCUT2D eigenvalue weighted by Crippen LogP contribution is -2.23. The summed E-state index contributed by atoms with van der Waals surface area (Å²) in [7, 11) is 0. The predicted molar refractivity (Wildman–Crippen MR) is 70.6 cm³/mol. The number of aromatic nitrogens is 2. The van der Waals surface area contributed by atoms with Crippen molar-refractivity contribution in [3.05, 3.63) is 12.5 Å². The second-order valence-electron chi connectivity index (χ2n) is 4.24. The summed E-state index contributed by atoms with van der Waals surface area (Å²) >= 11 is -0.367. The van der Waals surface area contributed by atoms with E-state index in [1.807, 2.05) is 4.90 Å². The molecule has 9 heteroatoms. The molecule has 0 unspecified atom stereocenters. The van der Waals surface area contributed by atoms with E-state index in [0.29, 0.717) is 11.5 Å². The van der Waals surface area contributed by atoms with Gasteiger partial charge in [0.15, 0.2) is 5.82 Å². The van der Waals surface area contributed by atoms with Gasteiger partial charge in [0.25, 0.3) is 0 Å². The van der Waals surface area contributed by atoms with Gasteiger partial charge in [0, 0.05) is 13.1 Å². The predicted octanol–water partition coefficient (Wildman–Crippen LogP) is 2.27. The van der Waals surface area contributed by atoms with E-state index in [-0.39, 0.29) is 11.8 Å². The Morgan fingerprint density at radius 3 is 2.75 bits per heavy atom. The number of carbonyl (C=O) groups is 1. The van der Waals surface area contributed by atoms with Crippen molar-refractivity contribution < 1.29 is 18.0 Å². The summed E-state index contributed by atoms with van der Waals surface area (Å²) in [6.45, 7) is 1.63. The highest BCUT2D eigenvalue weighted by Gasteiger charge is 2.29. The Bertz CT molecular complexity index is 477. The number of anilines is 2. The number of alkyl halides is 3. The van der Waals surface area contributed by atoms with Gasteiger partial charge in [-0.3, -0.25) is 4.79 Å². The Morgan fingerprint density at radius 1 is 1.40 bits per heavy atom. The quantitative estimate of drug-likeness (QED) is 0.925. The minimum atomic E-state index is -4.41. The van der Waals surface area contributed by atoms with Gasteiger partial charge in [0.05, 0.1) is 11.9 Å². The van der Waals surface area contributed by atoms with Crippen molar-refractivity contribution in [2.24, 2.45) is 0 Å². The fraction of sp³-hybridized carbons (Fsp3) is 0.545. The van der Waals surface area contributed by atoms with Crippen LogP contribution in [0.1, 0.15) is 12.8 Å². The van der Waals surface area contributed by atoms with Gasteiger partial charge in [-0.05, 0) is 24.6 Å². The Morgan fingerprint density at radius 2 is 2.10 bits per heavy atom. The van der Waals surface area contributed by atoms with E-state index in [1.165, 1.54) is 12.5 Å². The summed E-state index contributed by atoms with van der Waals surface area (Å²) < 4.78 is 36.1. The smallest absolute Gasteiger partial charge is 0.355 e. The van der Waals surface area contributed by atoms with Crippen LogP contribution in [0.25, 0.3) is 0 Å². The Labute approximate surface area is 118 Å². The third-order valence-corrected chi connectivity index (χ3v) is 3.47. The molecule has 110 valence electrons. The number of amides is 1. The van der Waals surface area contributed by atoms with Gasteiger partial charge in [-0.1, -0.05) is 0 Å². The van der Waals surface area contributed by atoms with E-state index in [2.05, 4.69) is 15.3 Å². The van der Waals surface area contributed by atoms with Crippen molar-refractivity contribution in [2.75, 3.05) is 29.1 Å². The first-order valence-electron chi connectivity index (χ1n) is 6.01. The van der Waals surface area contributed by atoms with Gasteiger partial charge in [0.1, 0.15) is 12.0 Å². The molecule has 0 aromatic carbocycles. The standard InChI is InChI=1S/C11H13F3N4OS/c12-11(13,14)20-6-9(19)17-8-5-15-7-16-10(8)18-3-1-2-4-18/h5,7H,1-4,6H2,(H,17,19). The molecule has 0 bridgehead atoms. The van der Waals surface area contributed by atoms with Crippen LogP contribution >= 0.6 is 11.8 Å². The van der Waals surface area contributed by atoms with Crippen LogP contribution in [0.4, 0.5) is 24.7 Å². The number of halogens is 3. The molecule has 0 radical (unpaired) electrons. The molecule has 20 heavy (non-hydrogen) atoms. The van der Waals surface area contributed by atoms with Crippen LogP contribution in [0.3, 0.4) is 0 Å². The van der Waals surface area contributed by atoms with Gasteiger partial charge in [-0.25, -0.2) is 9.97 Å². The molecule has 0 saturated carbocycles. The van der Waals surface area contributed by atoms with Crippen LogP contribution < -0.4 is 10.2 Å². The largest absolute Gasteiger partial charge is 0.442 e. The van der Waals surface area contributed by atoms with Gasteiger partial charge >= 0.3 is 5.51 Å². The highest BCUT2D eigenvalue weighted by atomic mass is 32.2. The number of carbonyl (C=O) groups excluding carboxylic acids is 1. The molecule has 1 aromatic rings. The molecular weight excluding hydrogens is 293 g/mol. The second kappa shape index (κ2) is 6.29. The van der Waals surface area contributed by atoms with Gasteiger partial charge in [0.2, 0.25) is 5.91 Å². The van der Waals surface area contributed by atoms with Crippen molar-refractivity contribution in [2.45, 2.75) is 18.3 Å². The van der Waals surface area contributed by atoms with E-state index in [0.717, 1.165) is 25.9 Å². The van der Waals surface area contributed by atoms with E-state index in [9.17, 15) is 18.0 Å². The Balaban J connectivity index is 2.00.